The quantitative estimate of drug-likeness (QED) is 0.783. The van der Waals surface area contributed by atoms with Gasteiger partial charge in [0, 0.05) is 17.2 Å². The van der Waals surface area contributed by atoms with Crippen LogP contribution in [0.5, 0.6) is 11.5 Å². The van der Waals surface area contributed by atoms with Gasteiger partial charge in [-0.25, -0.2) is 0 Å². The number of pyridine rings is 1. The molecule has 1 aromatic heterocycles. The molecule has 2 N–H and O–H groups in total. The van der Waals surface area contributed by atoms with Crippen molar-refractivity contribution in [3.05, 3.63) is 48.3 Å². The first-order chi connectivity index (χ1) is 9.74. The maximum atomic E-state index is 9.10. The van der Waals surface area contributed by atoms with Gasteiger partial charge in [-0.3, -0.25) is 4.98 Å². The van der Waals surface area contributed by atoms with Crippen LogP contribution < -0.4 is 14.9 Å². The Balaban J connectivity index is 1.67. The number of hydrogen-bond acceptors (Lipinski definition) is 5. The summed E-state index contributed by atoms with van der Waals surface area (Å²) < 4.78 is 11.3. The zero-order valence-electron chi connectivity index (χ0n) is 10.8. The van der Waals surface area contributed by atoms with Gasteiger partial charge in [0.2, 0.25) is 0 Å². The minimum atomic E-state index is -1.54. The van der Waals surface area contributed by atoms with Gasteiger partial charge in [-0.05, 0) is 12.1 Å². The molecular weight excluding hydrogens is 257 g/mol. The van der Waals surface area contributed by atoms with E-state index in [2.05, 4.69) is 4.98 Å². The molecule has 102 valence electrons. The van der Waals surface area contributed by atoms with Gasteiger partial charge in [-0.1, -0.05) is 18.2 Å². The summed E-state index contributed by atoms with van der Waals surface area (Å²) in [6.45, 7) is 1.05. The molecule has 1 aromatic carbocycles. The van der Waals surface area contributed by atoms with Crippen molar-refractivity contribution in [2.45, 2.75) is 5.92 Å². The highest BCUT2D eigenvalue weighted by Gasteiger charge is 2.24. The molecule has 20 heavy (non-hydrogen) atoms. The Morgan fingerprint density at radius 2 is 2.15 bits per heavy atom. The highest BCUT2D eigenvalue weighted by atomic mass is 16.5. The summed E-state index contributed by atoms with van der Waals surface area (Å²) >= 11 is 0. The second-order valence-corrected chi connectivity index (χ2v) is 4.68. The van der Waals surface area contributed by atoms with Crippen molar-refractivity contribution >= 4 is 12.6 Å². The minimum absolute atomic E-state index is 0.175. The van der Waals surface area contributed by atoms with E-state index in [0.717, 1.165) is 11.3 Å². The van der Waals surface area contributed by atoms with Gasteiger partial charge in [0.25, 0.3) is 0 Å². The van der Waals surface area contributed by atoms with E-state index < -0.39 is 7.12 Å². The van der Waals surface area contributed by atoms with Crippen LogP contribution in [0, 0.1) is 0 Å². The summed E-state index contributed by atoms with van der Waals surface area (Å²) in [7, 11) is -1.54. The average molecular weight is 271 g/mol. The average Bonchev–Trinajstić information content (AvgIpc) is 2.89. The molecule has 2 aromatic rings. The third-order valence-electron chi connectivity index (χ3n) is 3.28. The molecule has 0 spiro atoms. The lowest BCUT2D eigenvalue weighted by Gasteiger charge is -2.11. The Morgan fingerprint density at radius 3 is 3.00 bits per heavy atom. The monoisotopic (exact) mass is 271 g/mol. The van der Waals surface area contributed by atoms with Crippen molar-refractivity contribution in [2.75, 3.05) is 13.2 Å². The lowest BCUT2D eigenvalue weighted by molar-refractivity contribution is 0.248. The van der Waals surface area contributed by atoms with E-state index in [-0.39, 0.29) is 5.92 Å². The molecule has 1 aliphatic heterocycles. The fourth-order valence-electron chi connectivity index (χ4n) is 2.22. The number of ether oxygens (including phenoxy) is 2. The Labute approximate surface area is 117 Å². The first kappa shape index (κ1) is 13.0. The third-order valence-corrected chi connectivity index (χ3v) is 3.28. The van der Waals surface area contributed by atoms with Gasteiger partial charge >= 0.3 is 7.12 Å². The van der Waals surface area contributed by atoms with E-state index in [1.54, 1.807) is 12.3 Å². The summed E-state index contributed by atoms with van der Waals surface area (Å²) in [4.78, 5) is 3.92. The van der Waals surface area contributed by atoms with Crippen LogP contribution in [0.2, 0.25) is 0 Å². The molecule has 1 atom stereocenters. The number of benzene rings is 1. The van der Waals surface area contributed by atoms with Gasteiger partial charge in [-0.15, -0.1) is 0 Å². The van der Waals surface area contributed by atoms with Crippen molar-refractivity contribution in [1.29, 1.82) is 0 Å². The molecule has 5 nitrogen and oxygen atoms in total. The summed E-state index contributed by atoms with van der Waals surface area (Å²) in [5.74, 6) is 1.59. The zero-order valence-corrected chi connectivity index (χ0v) is 10.8. The van der Waals surface area contributed by atoms with Gasteiger partial charge in [-0.2, -0.15) is 0 Å². The smallest absolute Gasteiger partial charge is 0.490 e. The lowest BCUT2D eigenvalue weighted by Crippen LogP contribution is -2.30. The number of hydrogen-bond donors (Lipinski definition) is 2. The lowest BCUT2D eigenvalue weighted by atomic mass is 9.82. The Hall–Kier alpha value is -2.05. The van der Waals surface area contributed by atoms with Crippen molar-refractivity contribution in [1.82, 2.24) is 4.98 Å². The van der Waals surface area contributed by atoms with Crippen molar-refractivity contribution < 1.29 is 19.5 Å². The van der Waals surface area contributed by atoms with E-state index in [1.165, 1.54) is 6.20 Å². The largest absolute Gasteiger partial charge is 0.493 e. The normalized spacial score (nSPS) is 16.4. The van der Waals surface area contributed by atoms with Gasteiger partial charge in [0.05, 0.1) is 25.3 Å². The molecular formula is C14H14BNO4. The van der Waals surface area contributed by atoms with Crippen LogP contribution in [-0.4, -0.2) is 35.4 Å². The number of rotatable bonds is 4. The molecule has 3 rings (SSSR count). The van der Waals surface area contributed by atoms with Gasteiger partial charge in [0.1, 0.15) is 11.5 Å². The van der Waals surface area contributed by atoms with E-state index in [9.17, 15) is 0 Å². The highest BCUT2D eigenvalue weighted by Crippen LogP contribution is 2.33. The number of nitrogens with zero attached hydrogens (tertiary/aromatic N) is 1. The summed E-state index contributed by atoms with van der Waals surface area (Å²) in [6.07, 6.45) is 2.94. The highest BCUT2D eigenvalue weighted by molar-refractivity contribution is 6.58. The predicted molar refractivity (Wildman–Crippen MR) is 74.2 cm³/mol. The molecule has 1 unspecified atom stereocenters. The topological polar surface area (TPSA) is 71.8 Å². The second-order valence-electron chi connectivity index (χ2n) is 4.68. The second kappa shape index (κ2) is 5.52. The first-order valence-corrected chi connectivity index (χ1v) is 6.39. The Bertz CT molecular complexity index is 605. The van der Waals surface area contributed by atoms with Gasteiger partial charge in [0.15, 0.2) is 0 Å². The molecule has 2 heterocycles. The fourth-order valence-corrected chi connectivity index (χ4v) is 2.22. The number of aromatic nitrogens is 1. The van der Waals surface area contributed by atoms with Crippen molar-refractivity contribution in [2.24, 2.45) is 0 Å². The van der Waals surface area contributed by atoms with Crippen LogP contribution in [0.15, 0.2) is 42.7 Å². The molecule has 1 aliphatic rings. The maximum Gasteiger partial charge on any atom is 0.490 e. The molecule has 0 aliphatic carbocycles. The third kappa shape index (κ3) is 2.61. The number of para-hydroxylation sites is 1. The van der Waals surface area contributed by atoms with Gasteiger partial charge < -0.3 is 19.5 Å². The minimum Gasteiger partial charge on any atom is -0.493 e. The van der Waals surface area contributed by atoms with E-state index in [4.69, 9.17) is 19.5 Å². The fraction of sp³-hybridized carbons (Fsp3) is 0.214. The van der Waals surface area contributed by atoms with Crippen LogP contribution in [-0.2, 0) is 0 Å². The molecule has 0 saturated carbocycles. The Morgan fingerprint density at radius 1 is 1.30 bits per heavy atom. The van der Waals surface area contributed by atoms with Crippen LogP contribution in [0.1, 0.15) is 11.5 Å². The molecule has 0 fully saturated rings. The van der Waals surface area contributed by atoms with Crippen molar-refractivity contribution in [3.8, 4) is 11.5 Å². The molecule has 0 bridgehead atoms. The number of fused-ring (bicyclic) bond motifs is 1. The predicted octanol–water partition coefficient (Wildman–Crippen LogP) is 0.316. The SMILES string of the molecule is OB(O)c1cncc(OCC2COc3ccccc32)c1. The standard InChI is InChI=1S/C14H14BNO4/c17-15(18)11-5-12(7-16-6-11)19-8-10-9-20-14-4-2-1-3-13(10)14/h1-7,10,17-18H,8-9H2. The van der Waals surface area contributed by atoms with Crippen LogP contribution in [0.4, 0.5) is 0 Å². The first-order valence-electron chi connectivity index (χ1n) is 6.39. The van der Waals surface area contributed by atoms with Crippen molar-refractivity contribution in [3.63, 3.8) is 0 Å². The summed E-state index contributed by atoms with van der Waals surface area (Å²) in [5.41, 5.74) is 1.45. The van der Waals surface area contributed by atoms with Crippen LogP contribution >= 0.6 is 0 Å². The maximum absolute atomic E-state index is 9.10. The van der Waals surface area contributed by atoms with Crippen LogP contribution in [0.3, 0.4) is 0 Å². The molecule has 6 heteroatoms. The zero-order chi connectivity index (χ0) is 13.9. The van der Waals surface area contributed by atoms with E-state index in [0.29, 0.717) is 24.4 Å². The summed E-state index contributed by atoms with van der Waals surface area (Å²) in [6, 6.07) is 9.46. The Kier molecular flexibility index (Phi) is 3.58. The van der Waals surface area contributed by atoms with E-state index in [1.807, 2.05) is 24.3 Å². The molecule has 0 radical (unpaired) electrons. The molecule has 0 saturated heterocycles. The molecule has 0 amide bonds. The summed E-state index contributed by atoms with van der Waals surface area (Å²) in [5, 5.41) is 18.2. The van der Waals surface area contributed by atoms with E-state index >= 15 is 0 Å². The van der Waals surface area contributed by atoms with Crippen LogP contribution in [0.25, 0.3) is 0 Å².